The van der Waals surface area contributed by atoms with Crippen LogP contribution >= 0.6 is 0 Å². The lowest BCUT2D eigenvalue weighted by molar-refractivity contribution is -0.116. The lowest BCUT2D eigenvalue weighted by Crippen LogP contribution is -2.14. The van der Waals surface area contributed by atoms with Gasteiger partial charge in [0.25, 0.3) is 0 Å². The molecule has 0 atom stereocenters. The van der Waals surface area contributed by atoms with Crippen LogP contribution in [0.25, 0.3) is 0 Å². The van der Waals surface area contributed by atoms with Gasteiger partial charge in [0.1, 0.15) is 12.4 Å². The van der Waals surface area contributed by atoms with Crippen molar-refractivity contribution in [2.24, 2.45) is 5.92 Å². The first-order chi connectivity index (χ1) is 15.5. The average Bonchev–Trinajstić information content (AvgIpc) is 2.77. The number of para-hydroxylation sites is 1. The van der Waals surface area contributed by atoms with Crippen LogP contribution in [0.2, 0.25) is 0 Å². The molecule has 0 fully saturated rings. The first kappa shape index (κ1) is 23.1. The van der Waals surface area contributed by atoms with Gasteiger partial charge in [0.05, 0.1) is 7.11 Å². The Morgan fingerprint density at radius 2 is 1.69 bits per heavy atom. The van der Waals surface area contributed by atoms with E-state index in [1.165, 1.54) is 6.07 Å². The van der Waals surface area contributed by atoms with Gasteiger partial charge in [-0.15, -0.1) is 0 Å². The molecule has 0 heterocycles. The van der Waals surface area contributed by atoms with Gasteiger partial charge in [-0.3, -0.25) is 4.79 Å². The maximum absolute atomic E-state index is 14.0. The van der Waals surface area contributed by atoms with E-state index in [1.54, 1.807) is 25.3 Å². The van der Waals surface area contributed by atoms with Gasteiger partial charge in [-0.25, -0.2) is 4.39 Å². The lowest BCUT2D eigenvalue weighted by atomic mass is 10.1. The van der Waals surface area contributed by atoms with Crippen molar-refractivity contribution >= 4 is 17.3 Å². The van der Waals surface area contributed by atoms with Gasteiger partial charge in [0.2, 0.25) is 5.91 Å². The number of halogens is 1. The van der Waals surface area contributed by atoms with Crippen molar-refractivity contribution in [3.8, 4) is 11.5 Å². The molecule has 32 heavy (non-hydrogen) atoms. The molecule has 2 N–H and O–H groups in total. The molecule has 0 saturated heterocycles. The van der Waals surface area contributed by atoms with Crippen molar-refractivity contribution in [3.05, 3.63) is 83.7 Å². The zero-order valence-corrected chi connectivity index (χ0v) is 18.7. The number of hydrogen-bond donors (Lipinski definition) is 2. The van der Waals surface area contributed by atoms with E-state index in [0.717, 1.165) is 16.9 Å². The summed E-state index contributed by atoms with van der Waals surface area (Å²) in [5, 5.41) is 6.28. The summed E-state index contributed by atoms with van der Waals surface area (Å²) in [6, 6.07) is 19.7. The molecule has 0 bridgehead atoms. The summed E-state index contributed by atoms with van der Waals surface area (Å²) in [5.41, 5.74) is 2.94. The van der Waals surface area contributed by atoms with Crippen LogP contribution < -0.4 is 20.1 Å². The highest BCUT2D eigenvalue weighted by Crippen LogP contribution is 2.32. The second-order valence-corrected chi connectivity index (χ2v) is 7.91. The van der Waals surface area contributed by atoms with Gasteiger partial charge < -0.3 is 20.1 Å². The molecule has 6 heteroatoms. The number of carbonyl (C=O) groups excluding carboxylic acids is 1. The fourth-order valence-electron chi connectivity index (χ4n) is 3.28. The molecule has 3 rings (SSSR count). The summed E-state index contributed by atoms with van der Waals surface area (Å²) in [4.78, 5) is 12.1. The van der Waals surface area contributed by atoms with Crippen LogP contribution in [0.5, 0.6) is 11.5 Å². The number of anilines is 2. The molecule has 0 aliphatic carbocycles. The highest BCUT2D eigenvalue weighted by atomic mass is 19.1. The van der Waals surface area contributed by atoms with Crippen molar-refractivity contribution in [1.29, 1.82) is 0 Å². The fraction of sp³-hybridized carbons (Fsp3) is 0.269. The number of amides is 1. The molecule has 0 spiro atoms. The Hall–Kier alpha value is -3.54. The third-order valence-electron chi connectivity index (χ3n) is 4.83. The summed E-state index contributed by atoms with van der Waals surface area (Å²) in [6.45, 7) is 4.58. The molecule has 3 aromatic carbocycles. The van der Waals surface area contributed by atoms with Crippen LogP contribution in [-0.2, 0) is 17.9 Å². The average molecular weight is 437 g/mol. The third-order valence-corrected chi connectivity index (χ3v) is 4.83. The molecular weight excluding hydrogens is 407 g/mol. The largest absolute Gasteiger partial charge is 0.493 e. The molecule has 0 aliphatic rings. The van der Waals surface area contributed by atoms with Gasteiger partial charge in [0, 0.05) is 35.5 Å². The van der Waals surface area contributed by atoms with Crippen molar-refractivity contribution in [2.75, 3.05) is 17.7 Å². The summed E-state index contributed by atoms with van der Waals surface area (Å²) < 4.78 is 25.4. The topological polar surface area (TPSA) is 59.6 Å². The Kier molecular flexibility index (Phi) is 8.08. The van der Waals surface area contributed by atoms with Gasteiger partial charge in [0.15, 0.2) is 11.5 Å². The van der Waals surface area contributed by atoms with Crippen molar-refractivity contribution in [3.63, 3.8) is 0 Å². The zero-order valence-electron chi connectivity index (χ0n) is 18.7. The van der Waals surface area contributed by atoms with Gasteiger partial charge in [-0.2, -0.15) is 0 Å². The molecule has 0 aromatic heterocycles. The Bertz CT molecular complexity index is 1050. The summed E-state index contributed by atoms with van der Waals surface area (Å²) in [7, 11) is 1.58. The smallest absolute Gasteiger partial charge is 0.224 e. The Labute approximate surface area is 188 Å². The maximum atomic E-state index is 14.0. The Morgan fingerprint density at radius 3 is 2.44 bits per heavy atom. The van der Waals surface area contributed by atoms with E-state index in [1.807, 2.05) is 56.3 Å². The predicted molar refractivity (Wildman–Crippen MR) is 126 cm³/mol. The van der Waals surface area contributed by atoms with Crippen molar-refractivity contribution in [1.82, 2.24) is 0 Å². The lowest BCUT2D eigenvalue weighted by Gasteiger charge is -2.16. The minimum atomic E-state index is -0.307. The number of methoxy groups -OCH3 is 1. The van der Waals surface area contributed by atoms with Crippen molar-refractivity contribution in [2.45, 2.75) is 33.4 Å². The van der Waals surface area contributed by atoms with Crippen LogP contribution in [0.3, 0.4) is 0 Å². The SMILES string of the molecule is COc1cccc(CNc2cccc(NC(=O)CC(C)C)c2)c1OCc1ccccc1F. The standard InChI is InChI=1S/C26H29FN2O3/c1-18(2)14-25(30)29-22-11-7-10-21(15-22)28-16-19-9-6-13-24(31-3)26(19)32-17-20-8-4-5-12-23(20)27/h4-13,15,18,28H,14,16-17H2,1-3H3,(H,29,30). The minimum Gasteiger partial charge on any atom is -0.493 e. The summed E-state index contributed by atoms with van der Waals surface area (Å²) in [5.74, 6) is 1.13. The van der Waals surface area contributed by atoms with Crippen LogP contribution in [0.4, 0.5) is 15.8 Å². The quantitative estimate of drug-likeness (QED) is 0.409. The Morgan fingerprint density at radius 1 is 0.969 bits per heavy atom. The maximum Gasteiger partial charge on any atom is 0.224 e. The van der Waals surface area contributed by atoms with E-state index in [9.17, 15) is 9.18 Å². The summed E-state index contributed by atoms with van der Waals surface area (Å²) >= 11 is 0. The van der Waals surface area contributed by atoms with Crippen LogP contribution in [-0.4, -0.2) is 13.0 Å². The molecule has 0 radical (unpaired) electrons. The summed E-state index contributed by atoms with van der Waals surface area (Å²) in [6.07, 6.45) is 0.476. The predicted octanol–water partition coefficient (Wildman–Crippen LogP) is 6.01. The highest BCUT2D eigenvalue weighted by molar-refractivity contribution is 5.91. The van der Waals surface area contributed by atoms with Crippen LogP contribution in [0.15, 0.2) is 66.7 Å². The molecule has 1 amide bonds. The third kappa shape index (κ3) is 6.48. The Balaban J connectivity index is 1.70. The molecule has 0 aliphatic heterocycles. The van der Waals surface area contributed by atoms with E-state index in [2.05, 4.69) is 10.6 Å². The van der Waals surface area contributed by atoms with Gasteiger partial charge >= 0.3 is 0 Å². The number of benzene rings is 3. The molecule has 5 nitrogen and oxygen atoms in total. The molecule has 0 saturated carbocycles. The molecule has 0 unspecified atom stereocenters. The number of hydrogen-bond acceptors (Lipinski definition) is 4. The van der Waals surface area contributed by atoms with E-state index in [4.69, 9.17) is 9.47 Å². The van der Waals surface area contributed by atoms with Crippen LogP contribution in [0, 0.1) is 11.7 Å². The second kappa shape index (κ2) is 11.2. The fourth-order valence-corrected chi connectivity index (χ4v) is 3.28. The van der Waals surface area contributed by atoms with E-state index < -0.39 is 0 Å². The van der Waals surface area contributed by atoms with E-state index in [0.29, 0.717) is 35.9 Å². The first-order valence-electron chi connectivity index (χ1n) is 10.6. The van der Waals surface area contributed by atoms with E-state index >= 15 is 0 Å². The highest BCUT2D eigenvalue weighted by Gasteiger charge is 2.12. The van der Waals surface area contributed by atoms with Gasteiger partial charge in [-0.05, 0) is 36.2 Å². The van der Waals surface area contributed by atoms with E-state index in [-0.39, 0.29) is 18.3 Å². The first-order valence-corrected chi connectivity index (χ1v) is 10.6. The van der Waals surface area contributed by atoms with Gasteiger partial charge in [-0.1, -0.05) is 50.2 Å². The minimum absolute atomic E-state index is 0.00576. The molecule has 3 aromatic rings. The van der Waals surface area contributed by atoms with Crippen LogP contribution in [0.1, 0.15) is 31.4 Å². The number of ether oxygens (including phenoxy) is 2. The molecule has 168 valence electrons. The number of nitrogens with one attached hydrogen (secondary N) is 2. The number of rotatable bonds is 10. The monoisotopic (exact) mass is 436 g/mol. The normalized spacial score (nSPS) is 10.7. The zero-order chi connectivity index (χ0) is 22.9. The van der Waals surface area contributed by atoms with Crippen molar-refractivity contribution < 1.29 is 18.7 Å². The second-order valence-electron chi connectivity index (χ2n) is 7.91. The number of carbonyl (C=O) groups is 1. The molecular formula is C26H29FN2O3.